The molecule has 0 heterocycles. The van der Waals surface area contributed by atoms with E-state index in [1.807, 2.05) is 12.1 Å². The molecule has 0 aliphatic carbocycles. The van der Waals surface area contributed by atoms with Crippen LogP contribution >= 0.6 is 0 Å². The first-order valence-electron chi connectivity index (χ1n) is 11.1. The highest BCUT2D eigenvalue weighted by Crippen LogP contribution is 2.38. The Kier molecular flexibility index (Phi) is 10.7. The van der Waals surface area contributed by atoms with Crippen molar-refractivity contribution in [2.24, 2.45) is 4.99 Å². The molecule has 1 unspecified atom stereocenters. The van der Waals surface area contributed by atoms with Gasteiger partial charge in [-0.05, 0) is 50.6 Å². The molecule has 2 N–H and O–H groups in total. The van der Waals surface area contributed by atoms with Crippen molar-refractivity contribution in [2.45, 2.75) is 39.4 Å². The Morgan fingerprint density at radius 3 is 2.19 bits per heavy atom. The lowest BCUT2D eigenvalue weighted by atomic mass is 10.1. The van der Waals surface area contributed by atoms with Crippen LogP contribution in [0, 0.1) is 0 Å². The Balaban J connectivity index is 1.94. The summed E-state index contributed by atoms with van der Waals surface area (Å²) in [5, 5.41) is 6.76. The maximum Gasteiger partial charge on any atom is 0.203 e. The smallest absolute Gasteiger partial charge is 0.203 e. The van der Waals surface area contributed by atoms with E-state index >= 15 is 0 Å². The highest BCUT2D eigenvalue weighted by atomic mass is 16.5. The van der Waals surface area contributed by atoms with Crippen LogP contribution < -0.4 is 24.8 Å². The summed E-state index contributed by atoms with van der Waals surface area (Å²) < 4.78 is 16.3. The summed E-state index contributed by atoms with van der Waals surface area (Å²) in [7, 11) is 7.00. The minimum atomic E-state index is 0.445. The summed E-state index contributed by atoms with van der Waals surface area (Å²) in [4.78, 5) is 7.10. The van der Waals surface area contributed by atoms with Crippen molar-refractivity contribution >= 4 is 5.96 Å². The molecular formula is C25H38N4O3. The van der Waals surface area contributed by atoms with Gasteiger partial charge in [-0.25, -0.2) is 4.99 Å². The van der Waals surface area contributed by atoms with Crippen molar-refractivity contribution in [2.75, 3.05) is 41.5 Å². The van der Waals surface area contributed by atoms with Crippen LogP contribution in [0.4, 0.5) is 0 Å². The number of nitrogens with zero attached hydrogens (tertiary/aromatic N) is 2. The molecule has 1 atom stereocenters. The standard InChI is InChI=1S/C25H38N4O3/c1-7-26-25(27-14-13-19(2)29(3)18-20-11-9-8-10-12-20)28-17-21-15-22(30-4)24(32-6)23(16-21)31-5/h8-12,15-16,19H,7,13-14,17-18H2,1-6H3,(H2,26,27,28). The van der Waals surface area contributed by atoms with Gasteiger partial charge >= 0.3 is 0 Å². The van der Waals surface area contributed by atoms with E-state index in [4.69, 9.17) is 19.2 Å². The molecule has 176 valence electrons. The first-order valence-corrected chi connectivity index (χ1v) is 11.1. The van der Waals surface area contributed by atoms with Gasteiger partial charge in [0.2, 0.25) is 5.75 Å². The number of benzene rings is 2. The van der Waals surface area contributed by atoms with Crippen molar-refractivity contribution in [3.63, 3.8) is 0 Å². The lowest BCUT2D eigenvalue weighted by molar-refractivity contribution is 0.238. The molecule has 2 aromatic rings. The maximum atomic E-state index is 5.44. The quantitative estimate of drug-likeness (QED) is 0.386. The fourth-order valence-corrected chi connectivity index (χ4v) is 3.39. The Bertz CT molecular complexity index is 817. The van der Waals surface area contributed by atoms with Crippen molar-refractivity contribution in [3.8, 4) is 17.2 Å². The number of aliphatic imine (C=N–C) groups is 1. The van der Waals surface area contributed by atoms with Gasteiger partial charge in [-0.2, -0.15) is 0 Å². The molecule has 2 aromatic carbocycles. The molecule has 0 bridgehead atoms. The number of hydrogen-bond acceptors (Lipinski definition) is 5. The lowest BCUT2D eigenvalue weighted by Crippen LogP contribution is -2.40. The average molecular weight is 443 g/mol. The average Bonchev–Trinajstić information content (AvgIpc) is 2.82. The molecule has 0 aliphatic rings. The van der Waals surface area contributed by atoms with Gasteiger partial charge in [0.15, 0.2) is 17.5 Å². The molecule has 0 radical (unpaired) electrons. The first-order chi connectivity index (χ1) is 15.5. The number of nitrogens with one attached hydrogen (secondary N) is 2. The van der Waals surface area contributed by atoms with Gasteiger partial charge in [-0.3, -0.25) is 4.90 Å². The number of rotatable bonds is 12. The van der Waals surface area contributed by atoms with E-state index in [9.17, 15) is 0 Å². The Morgan fingerprint density at radius 2 is 1.62 bits per heavy atom. The zero-order chi connectivity index (χ0) is 23.3. The molecule has 7 nitrogen and oxygen atoms in total. The van der Waals surface area contributed by atoms with Gasteiger partial charge in [-0.15, -0.1) is 0 Å². The van der Waals surface area contributed by atoms with Gasteiger partial charge < -0.3 is 24.8 Å². The van der Waals surface area contributed by atoms with Crippen molar-refractivity contribution < 1.29 is 14.2 Å². The maximum absolute atomic E-state index is 5.44. The van der Waals surface area contributed by atoms with E-state index in [1.54, 1.807) is 21.3 Å². The summed E-state index contributed by atoms with van der Waals surface area (Å²) in [6.07, 6.45) is 1.01. The summed E-state index contributed by atoms with van der Waals surface area (Å²) in [6.45, 7) is 7.39. The molecule has 0 saturated heterocycles. The minimum Gasteiger partial charge on any atom is -0.493 e. The van der Waals surface area contributed by atoms with Crippen LogP contribution in [0.5, 0.6) is 17.2 Å². The Hall–Kier alpha value is -2.93. The number of ether oxygens (including phenoxy) is 3. The summed E-state index contributed by atoms with van der Waals surface area (Å²) in [6, 6.07) is 14.9. The molecule has 0 aromatic heterocycles. The van der Waals surface area contributed by atoms with Crippen LogP contribution in [-0.4, -0.2) is 58.4 Å². The highest BCUT2D eigenvalue weighted by molar-refractivity contribution is 5.79. The fourth-order valence-electron chi connectivity index (χ4n) is 3.39. The van der Waals surface area contributed by atoms with Gasteiger partial charge in [0.25, 0.3) is 0 Å². The van der Waals surface area contributed by atoms with Crippen molar-refractivity contribution in [3.05, 3.63) is 53.6 Å². The summed E-state index contributed by atoms with van der Waals surface area (Å²) in [5.41, 5.74) is 2.31. The van der Waals surface area contributed by atoms with Gasteiger partial charge in [0.1, 0.15) is 0 Å². The molecule has 7 heteroatoms. The Labute approximate surface area is 192 Å². The Morgan fingerprint density at radius 1 is 0.969 bits per heavy atom. The van der Waals surface area contributed by atoms with Crippen LogP contribution in [-0.2, 0) is 13.1 Å². The van der Waals surface area contributed by atoms with Crippen LogP contribution in [0.15, 0.2) is 47.5 Å². The van der Waals surface area contributed by atoms with Crippen LogP contribution in [0.2, 0.25) is 0 Å². The van der Waals surface area contributed by atoms with Crippen molar-refractivity contribution in [1.82, 2.24) is 15.5 Å². The topological polar surface area (TPSA) is 67.4 Å². The number of methoxy groups -OCH3 is 3. The zero-order valence-corrected chi connectivity index (χ0v) is 20.3. The van der Waals surface area contributed by atoms with Crippen molar-refractivity contribution in [1.29, 1.82) is 0 Å². The fraction of sp³-hybridized carbons (Fsp3) is 0.480. The molecule has 0 fully saturated rings. The van der Waals surface area contributed by atoms with Crippen LogP contribution in [0.25, 0.3) is 0 Å². The SMILES string of the molecule is CCNC(=NCc1cc(OC)c(OC)c(OC)c1)NCCC(C)N(C)Cc1ccccc1. The zero-order valence-electron chi connectivity index (χ0n) is 20.3. The van der Waals surface area contributed by atoms with E-state index < -0.39 is 0 Å². The van der Waals surface area contributed by atoms with E-state index in [2.05, 4.69) is 66.8 Å². The number of guanidine groups is 1. The molecular weight excluding hydrogens is 404 g/mol. The summed E-state index contributed by atoms with van der Waals surface area (Å²) in [5.74, 6) is 2.64. The van der Waals surface area contributed by atoms with E-state index in [0.717, 1.165) is 37.6 Å². The highest BCUT2D eigenvalue weighted by Gasteiger charge is 2.13. The predicted octanol–water partition coefficient (Wildman–Crippen LogP) is 3.68. The van der Waals surface area contributed by atoms with Gasteiger partial charge in [-0.1, -0.05) is 30.3 Å². The molecule has 2 rings (SSSR count). The molecule has 0 amide bonds. The second kappa shape index (κ2) is 13.5. The monoisotopic (exact) mass is 442 g/mol. The molecule has 0 spiro atoms. The minimum absolute atomic E-state index is 0.445. The first kappa shape index (κ1) is 25.3. The largest absolute Gasteiger partial charge is 0.493 e. The van der Waals surface area contributed by atoms with Gasteiger partial charge in [0, 0.05) is 25.7 Å². The predicted molar refractivity (Wildman–Crippen MR) is 131 cm³/mol. The third kappa shape index (κ3) is 7.64. The molecule has 0 aliphatic heterocycles. The van der Waals surface area contributed by atoms with Crippen LogP contribution in [0.3, 0.4) is 0 Å². The second-order valence-electron chi connectivity index (χ2n) is 7.69. The third-order valence-electron chi connectivity index (χ3n) is 5.37. The molecule has 32 heavy (non-hydrogen) atoms. The third-order valence-corrected chi connectivity index (χ3v) is 5.37. The van der Waals surface area contributed by atoms with E-state index in [-0.39, 0.29) is 0 Å². The second-order valence-corrected chi connectivity index (χ2v) is 7.69. The lowest BCUT2D eigenvalue weighted by Gasteiger charge is -2.25. The normalized spacial score (nSPS) is 12.4. The number of hydrogen-bond donors (Lipinski definition) is 2. The van der Waals surface area contributed by atoms with Crippen LogP contribution in [0.1, 0.15) is 31.4 Å². The van der Waals surface area contributed by atoms with E-state index in [0.29, 0.717) is 29.8 Å². The van der Waals surface area contributed by atoms with E-state index in [1.165, 1.54) is 5.56 Å². The summed E-state index contributed by atoms with van der Waals surface area (Å²) >= 11 is 0. The molecule has 0 saturated carbocycles. The van der Waals surface area contributed by atoms with Gasteiger partial charge in [0.05, 0.1) is 27.9 Å².